The van der Waals surface area contributed by atoms with Gasteiger partial charge in [0.15, 0.2) is 0 Å². The van der Waals surface area contributed by atoms with Gasteiger partial charge in [0, 0.05) is 20.0 Å². The zero-order valence-electron chi connectivity index (χ0n) is 11.3. The minimum absolute atomic E-state index is 0.195. The Morgan fingerprint density at radius 1 is 1.58 bits per heavy atom. The maximum Gasteiger partial charge on any atom is 0.407 e. The third kappa shape index (κ3) is 5.06. The highest BCUT2D eigenvalue weighted by molar-refractivity contribution is 5.67. The highest BCUT2D eigenvalue weighted by atomic mass is 16.5. The van der Waals surface area contributed by atoms with Gasteiger partial charge in [-0.3, -0.25) is 0 Å². The molecule has 1 unspecified atom stereocenters. The van der Waals surface area contributed by atoms with Crippen LogP contribution in [0.1, 0.15) is 30.9 Å². The number of nitrogens with one attached hydrogen (secondary N) is 1. The fourth-order valence-corrected chi connectivity index (χ4v) is 1.52. The summed E-state index contributed by atoms with van der Waals surface area (Å²) in [5, 5.41) is 2.68. The van der Waals surface area contributed by atoms with Gasteiger partial charge in [0.1, 0.15) is 24.2 Å². The normalized spacial score (nSPS) is 11.6. The van der Waals surface area contributed by atoms with Gasteiger partial charge >= 0.3 is 6.09 Å². The second kappa shape index (κ2) is 8.22. The van der Waals surface area contributed by atoms with Crippen molar-refractivity contribution < 1.29 is 18.7 Å². The SMILES string of the molecule is C#CCCOC(=O)NC(COC)c1ccc(CC)o1. The number of hydrogen-bond donors (Lipinski definition) is 1. The molecule has 1 aromatic heterocycles. The number of carbonyl (C=O) groups excluding carboxylic acids is 1. The van der Waals surface area contributed by atoms with E-state index in [1.807, 2.05) is 19.1 Å². The van der Waals surface area contributed by atoms with E-state index in [4.69, 9.17) is 20.3 Å². The van der Waals surface area contributed by atoms with E-state index in [-0.39, 0.29) is 12.6 Å². The quantitative estimate of drug-likeness (QED) is 0.607. The van der Waals surface area contributed by atoms with Crippen molar-refractivity contribution in [1.29, 1.82) is 0 Å². The number of rotatable bonds is 7. The summed E-state index contributed by atoms with van der Waals surface area (Å²) in [5.41, 5.74) is 0. The van der Waals surface area contributed by atoms with E-state index in [9.17, 15) is 4.79 Å². The molecule has 0 bridgehead atoms. The molecular weight excluding hydrogens is 246 g/mol. The maximum absolute atomic E-state index is 11.6. The number of ether oxygens (including phenoxy) is 2. The smallest absolute Gasteiger partial charge is 0.407 e. The van der Waals surface area contributed by atoms with Gasteiger partial charge in [-0.05, 0) is 12.1 Å². The summed E-state index contributed by atoms with van der Waals surface area (Å²) in [7, 11) is 1.56. The summed E-state index contributed by atoms with van der Waals surface area (Å²) in [6.45, 7) is 2.50. The Hall–Kier alpha value is -1.93. The fraction of sp³-hybridized carbons (Fsp3) is 0.500. The Labute approximate surface area is 113 Å². The molecule has 1 rings (SSSR count). The number of furan rings is 1. The van der Waals surface area contributed by atoms with Crippen LogP contribution < -0.4 is 5.32 Å². The number of amides is 1. The first-order valence-electron chi connectivity index (χ1n) is 6.15. The Kier molecular flexibility index (Phi) is 6.55. The van der Waals surface area contributed by atoms with Gasteiger partial charge in [0.05, 0.1) is 6.61 Å². The molecular formula is C14H19NO4. The van der Waals surface area contributed by atoms with Gasteiger partial charge in [0.25, 0.3) is 0 Å². The van der Waals surface area contributed by atoms with Gasteiger partial charge in [-0.15, -0.1) is 12.3 Å². The van der Waals surface area contributed by atoms with Crippen LogP contribution in [0.3, 0.4) is 0 Å². The molecule has 0 aromatic carbocycles. The number of alkyl carbamates (subject to hydrolysis) is 1. The molecule has 1 N–H and O–H groups in total. The van der Waals surface area contributed by atoms with Crippen molar-refractivity contribution in [3.8, 4) is 12.3 Å². The summed E-state index contributed by atoms with van der Waals surface area (Å²) in [5.74, 6) is 3.90. The zero-order valence-corrected chi connectivity index (χ0v) is 11.3. The lowest BCUT2D eigenvalue weighted by molar-refractivity contribution is 0.122. The van der Waals surface area contributed by atoms with E-state index in [1.54, 1.807) is 7.11 Å². The molecule has 104 valence electrons. The minimum Gasteiger partial charge on any atom is -0.464 e. The van der Waals surface area contributed by atoms with Crippen LogP contribution >= 0.6 is 0 Å². The minimum atomic E-state index is -0.535. The van der Waals surface area contributed by atoms with Crippen LogP contribution in [0.25, 0.3) is 0 Å². The molecule has 0 fully saturated rings. The molecule has 1 aromatic rings. The summed E-state index contributed by atoms with van der Waals surface area (Å²) in [6, 6.07) is 3.33. The second-order valence-electron chi connectivity index (χ2n) is 3.90. The molecule has 19 heavy (non-hydrogen) atoms. The van der Waals surface area contributed by atoms with Gasteiger partial charge < -0.3 is 19.2 Å². The van der Waals surface area contributed by atoms with Gasteiger partial charge in [0.2, 0.25) is 0 Å². The molecule has 0 aliphatic heterocycles. The monoisotopic (exact) mass is 265 g/mol. The molecule has 0 saturated heterocycles. The molecule has 5 nitrogen and oxygen atoms in total. The van der Waals surface area contributed by atoms with Gasteiger partial charge in [-0.25, -0.2) is 4.79 Å². The molecule has 1 amide bonds. The average Bonchev–Trinajstić information content (AvgIpc) is 2.87. The van der Waals surface area contributed by atoms with Crippen molar-refractivity contribution >= 4 is 6.09 Å². The van der Waals surface area contributed by atoms with Gasteiger partial charge in [-0.2, -0.15) is 0 Å². The first kappa shape index (κ1) is 15.1. The number of hydrogen-bond acceptors (Lipinski definition) is 4. The number of aryl methyl sites for hydroxylation is 1. The predicted octanol–water partition coefficient (Wildman–Crippen LogP) is 2.28. The van der Waals surface area contributed by atoms with E-state index >= 15 is 0 Å². The molecule has 1 heterocycles. The van der Waals surface area contributed by atoms with Crippen molar-refractivity contribution in [2.45, 2.75) is 25.8 Å². The number of terminal acetylenes is 1. The molecule has 0 aliphatic rings. The molecule has 0 aliphatic carbocycles. The highest BCUT2D eigenvalue weighted by Gasteiger charge is 2.18. The molecule has 1 atom stereocenters. The van der Waals surface area contributed by atoms with Crippen LogP contribution in [0.5, 0.6) is 0 Å². The van der Waals surface area contributed by atoms with Crippen LogP contribution in [0.15, 0.2) is 16.5 Å². The summed E-state index contributed by atoms with van der Waals surface area (Å²) in [4.78, 5) is 11.6. The van der Waals surface area contributed by atoms with E-state index in [2.05, 4.69) is 11.2 Å². The van der Waals surface area contributed by atoms with Crippen LogP contribution in [-0.2, 0) is 15.9 Å². The Balaban J connectivity index is 2.57. The number of methoxy groups -OCH3 is 1. The fourth-order valence-electron chi connectivity index (χ4n) is 1.52. The molecule has 5 heteroatoms. The molecule has 0 saturated carbocycles. The predicted molar refractivity (Wildman–Crippen MR) is 70.6 cm³/mol. The van der Waals surface area contributed by atoms with E-state index in [0.29, 0.717) is 18.8 Å². The summed E-state index contributed by atoms with van der Waals surface area (Å²) in [6.07, 6.45) is 5.73. The topological polar surface area (TPSA) is 60.7 Å². The van der Waals surface area contributed by atoms with Crippen LogP contribution in [0, 0.1) is 12.3 Å². The van der Waals surface area contributed by atoms with Crippen molar-refractivity contribution in [2.75, 3.05) is 20.3 Å². The first-order valence-corrected chi connectivity index (χ1v) is 6.15. The third-order valence-corrected chi connectivity index (χ3v) is 2.48. The van der Waals surface area contributed by atoms with Gasteiger partial charge in [-0.1, -0.05) is 6.92 Å². The van der Waals surface area contributed by atoms with Crippen molar-refractivity contribution in [2.24, 2.45) is 0 Å². The lowest BCUT2D eigenvalue weighted by Crippen LogP contribution is -2.31. The van der Waals surface area contributed by atoms with Crippen molar-refractivity contribution in [1.82, 2.24) is 5.32 Å². The Bertz CT molecular complexity index is 433. The Morgan fingerprint density at radius 2 is 2.37 bits per heavy atom. The zero-order chi connectivity index (χ0) is 14.1. The standard InChI is InChI=1S/C14H19NO4/c1-4-6-9-18-14(16)15-12(10-17-3)13-8-7-11(5-2)19-13/h1,7-8,12H,5-6,9-10H2,2-3H3,(H,15,16). The lowest BCUT2D eigenvalue weighted by atomic mass is 10.2. The molecule has 0 spiro atoms. The van der Waals surface area contributed by atoms with Crippen molar-refractivity contribution in [3.05, 3.63) is 23.7 Å². The van der Waals surface area contributed by atoms with Crippen LogP contribution in [0.4, 0.5) is 4.79 Å². The second-order valence-corrected chi connectivity index (χ2v) is 3.90. The van der Waals surface area contributed by atoms with Crippen LogP contribution in [-0.4, -0.2) is 26.4 Å². The summed E-state index contributed by atoms with van der Waals surface area (Å²) < 4.78 is 15.6. The maximum atomic E-state index is 11.6. The van der Waals surface area contributed by atoms with E-state index in [0.717, 1.165) is 12.2 Å². The average molecular weight is 265 g/mol. The Morgan fingerprint density at radius 3 is 2.95 bits per heavy atom. The van der Waals surface area contributed by atoms with E-state index < -0.39 is 6.09 Å². The molecule has 0 radical (unpaired) electrons. The largest absolute Gasteiger partial charge is 0.464 e. The summed E-state index contributed by atoms with van der Waals surface area (Å²) >= 11 is 0. The van der Waals surface area contributed by atoms with E-state index in [1.165, 1.54) is 0 Å². The first-order chi connectivity index (χ1) is 9.21. The lowest BCUT2D eigenvalue weighted by Gasteiger charge is -2.15. The van der Waals surface area contributed by atoms with Crippen LogP contribution in [0.2, 0.25) is 0 Å². The highest BCUT2D eigenvalue weighted by Crippen LogP contribution is 2.17. The third-order valence-electron chi connectivity index (χ3n) is 2.48. The number of carbonyl (C=O) groups is 1. The van der Waals surface area contributed by atoms with Crippen molar-refractivity contribution in [3.63, 3.8) is 0 Å².